The van der Waals surface area contributed by atoms with Crippen molar-refractivity contribution in [2.75, 3.05) is 13.2 Å². The van der Waals surface area contributed by atoms with Gasteiger partial charge in [-0.3, -0.25) is 14.4 Å². The van der Waals surface area contributed by atoms with E-state index < -0.39 is 6.10 Å². The van der Waals surface area contributed by atoms with Crippen LogP contribution in [0.1, 0.15) is 349 Å². The summed E-state index contributed by atoms with van der Waals surface area (Å²) < 4.78 is 16.9. The topological polar surface area (TPSA) is 78.9 Å². The summed E-state index contributed by atoms with van der Waals surface area (Å²) in [5.74, 6) is 0.920. The molecular formula is C62H120O6. The van der Waals surface area contributed by atoms with E-state index in [2.05, 4.69) is 34.6 Å². The Morgan fingerprint density at radius 1 is 0.294 bits per heavy atom. The summed E-state index contributed by atoms with van der Waals surface area (Å²) in [5.41, 5.74) is 0. The van der Waals surface area contributed by atoms with Gasteiger partial charge in [0.05, 0.1) is 0 Å². The molecule has 404 valence electrons. The molecule has 2 unspecified atom stereocenters. The van der Waals surface area contributed by atoms with Gasteiger partial charge in [0.1, 0.15) is 13.2 Å². The van der Waals surface area contributed by atoms with Crippen LogP contribution in [0, 0.1) is 11.8 Å². The van der Waals surface area contributed by atoms with E-state index in [0.29, 0.717) is 19.3 Å². The fourth-order valence-corrected chi connectivity index (χ4v) is 9.52. The van der Waals surface area contributed by atoms with Crippen LogP contribution in [0.15, 0.2) is 0 Å². The first-order chi connectivity index (χ1) is 33.3. The molecule has 0 aliphatic carbocycles. The third kappa shape index (κ3) is 52.2. The molecule has 0 spiro atoms. The zero-order valence-electron chi connectivity index (χ0n) is 46.7. The summed E-state index contributed by atoms with van der Waals surface area (Å²) in [7, 11) is 0. The molecule has 3 atom stereocenters. The van der Waals surface area contributed by atoms with Crippen molar-refractivity contribution in [2.45, 2.75) is 355 Å². The van der Waals surface area contributed by atoms with Gasteiger partial charge in [0.2, 0.25) is 0 Å². The van der Waals surface area contributed by atoms with Crippen molar-refractivity contribution in [2.24, 2.45) is 11.8 Å². The van der Waals surface area contributed by atoms with Crippen LogP contribution in [0.25, 0.3) is 0 Å². The van der Waals surface area contributed by atoms with E-state index in [1.165, 1.54) is 238 Å². The number of esters is 3. The Hall–Kier alpha value is -1.59. The van der Waals surface area contributed by atoms with Gasteiger partial charge >= 0.3 is 17.9 Å². The number of unbranched alkanes of at least 4 members (excludes halogenated alkanes) is 39. The van der Waals surface area contributed by atoms with Crippen LogP contribution in [0.4, 0.5) is 0 Å². The van der Waals surface area contributed by atoms with Gasteiger partial charge in [-0.1, -0.05) is 311 Å². The summed E-state index contributed by atoms with van der Waals surface area (Å²) in [4.78, 5) is 38.2. The van der Waals surface area contributed by atoms with Gasteiger partial charge in [-0.25, -0.2) is 0 Å². The quantitative estimate of drug-likeness (QED) is 0.0343. The summed E-state index contributed by atoms with van der Waals surface area (Å²) in [5, 5.41) is 0. The molecule has 6 heteroatoms. The van der Waals surface area contributed by atoms with E-state index in [1.54, 1.807) is 0 Å². The van der Waals surface area contributed by atoms with Crippen LogP contribution in [-0.4, -0.2) is 37.2 Å². The standard InChI is InChI=1S/C62H120O6/c1-6-9-10-11-12-13-14-15-16-22-25-28-31-37-42-47-52-60(63)66-55-59(56-67-61(64)53-48-43-38-34-33-36-41-46-51-58(5)8-3)68-62(65)54-49-44-39-32-29-26-23-20-18-17-19-21-24-27-30-35-40-45-50-57(4)7-2/h57-59H,6-56H2,1-5H3/t57?,58?,59-/m0/s1. The normalized spacial score (nSPS) is 12.8. The number of hydrogen-bond acceptors (Lipinski definition) is 6. The number of ether oxygens (including phenoxy) is 3. The Morgan fingerprint density at radius 2 is 0.515 bits per heavy atom. The van der Waals surface area contributed by atoms with Crippen LogP contribution in [0.2, 0.25) is 0 Å². The zero-order chi connectivity index (χ0) is 49.6. The number of hydrogen-bond donors (Lipinski definition) is 0. The highest BCUT2D eigenvalue weighted by molar-refractivity contribution is 5.71. The molecule has 0 bridgehead atoms. The first-order valence-electron chi connectivity index (χ1n) is 30.8. The lowest BCUT2D eigenvalue weighted by atomic mass is 9.99. The van der Waals surface area contributed by atoms with Crippen molar-refractivity contribution >= 4 is 17.9 Å². The lowest BCUT2D eigenvalue weighted by molar-refractivity contribution is -0.167. The first kappa shape index (κ1) is 66.4. The lowest BCUT2D eigenvalue weighted by Crippen LogP contribution is -2.30. The summed E-state index contributed by atoms with van der Waals surface area (Å²) >= 11 is 0. The van der Waals surface area contributed by atoms with Crippen LogP contribution < -0.4 is 0 Å². The minimum Gasteiger partial charge on any atom is -0.462 e. The van der Waals surface area contributed by atoms with E-state index in [-0.39, 0.29) is 31.1 Å². The highest BCUT2D eigenvalue weighted by atomic mass is 16.6. The molecule has 6 nitrogen and oxygen atoms in total. The summed E-state index contributed by atoms with van der Waals surface area (Å²) in [6.07, 6.45) is 59.5. The third-order valence-electron chi connectivity index (χ3n) is 14.9. The second-order valence-electron chi connectivity index (χ2n) is 21.8. The highest BCUT2D eigenvalue weighted by Gasteiger charge is 2.19. The van der Waals surface area contributed by atoms with Crippen LogP contribution >= 0.6 is 0 Å². The molecule has 0 amide bonds. The van der Waals surface area contributed by atoms with E-state index in [0.717, 1.165) is 69.6 Å². The number of carbonyl (C=O) groups excluding carboxylic acids is 3. The van der Waals surface area contributed by atoms with E-state index >= 15 is 0 Å². The molecule has 0 aromatic heterocycles. The second-order valence-corrected chi connectivity index (χ2v) is 21.8. The van der Waals surface area contributed by atoms with Crippen LogP contribution in [0.5, 0.6) is 0 Å². The number of rotatable bonds is 56. The van der Waals surface area contributed by atoms with Gasteiger partial charge in [-0.15, -0.1) is 0 Å². The van der Waals surface area contributed by atoms with Crippen LogP contribution in [-0.2, 0) is 28.6 Å². The van der Waals surface area contributed by atoms with Gasteiger partial charge < -0.3 is 14.2 Å². The van der Waals surface area contributed by atoms with E-state index in [4.69, 9.17) is 14.2 Å². The minimum atomic E-state index is -0.763. The van der Waals surface area contributed by atoms with E-state index in [1.807, 2.05) is 0 Å². The molecule has 0 fully saturated rings. The van der Waals surface area contributed by atoms with Crippen molar-refractivity contribution < 1.29 is 28.6 Å². The molecule has 0 saturated carbocycles. The lowest BCUT2D eigenvalue weighted by Gasteiger charge is -2.18. The van der Waals surface area contributed by atoms with Crippen molar-refractivity contribution in [3.8, 4) is 0 Å². The number of carbonyl (C=O) groups is 3. The van der Waals surface area contributed by atoms with Gasteiger partial charge in [0.25, 0.3) is 0 Å². The molecule has 0 aliphatic rings. The molecule has 0 aromatic rings. The van der Waals surface area contributed by atoms with Crippen molar-refractivity contribution in [1.82, 2.24) is 0 Å². The predicted molar refractivity (Wildman–Crippen MR) is 293 cm³/mol. The molecule has 0 aromatic carbocycles. The van der Waals surface area contributed by atoms with Gasteiger partial charge in [0.15, 0.2) is 6.10 Å². The molecule has 0 heterocycles. The van der Waals surface area contributed by atoms with Gasteiger partial charge in [-0.2, -0.15) is 0 Å². The van der Waals surface area contributed by atoms with Gasteiger partial charge in [0, 0.05) is 19.3 Å². The Kier molecular flexibility index (Phi) is 53.5. The summed E-state index contributed by atoms with van der Waals surface area (Å²) in [6.45, 7) is 11.5. The molecule has 0 radical (unpaired) electrons. The average molecular weight is 962 g/mol. The SMILES string of the molecule is CCCCCCCCCCCCCCCCCCC(=O)OC[C@@H](COC(=O)CCCCCCCCCCC(C)CC)OC(=O)CCCCCCCCCCCCCCCCCCCCC(C)CC. The second kappa shape index (κ2) is 54.7. The van der Waals surface area contributed by atoms with E-state index in [9.17, 15) is 14.4 Å². The zero-order valence-corrected chi connectivity index (χ0v) is 46.7. The highest BCUT2D eigenvalue weighted by Crippen LogP contribution is 2.19. The molecule has 0 aliphatic heterocycles. The summed E-state index contributed by atoms with van der Waals surface area (Å²) in [6, 6.07) is 0. The van der Waals surface area contributed by atoms with Crippen molar-refractivity contribution in [3.05, 3.63) is 0 Å². The smallest absolute Gasteiger partial charge is 0.306 e. The average Bonchev–Trinajstić information content (AvgIpc) is 3.34. The van der Waals surface area contributed by atoms with Crippen LogP contribution in [0.3, 0.4) is 0 Å². The Morgan fingerprint density at radius 3 is 0.765 bits per heavy atom. The maximum absolute atomic E-state index is 12.9. The minimum absolute atomic E-state index is 0.0626. The maximum Gasteiger partial charge on any atom is 0.306 e. The maximum atomic E-state index is 12.9. The molecule has 0 saturated heterocycles. The Balaban J connectivity index is 4.25. The first-order valence-corrected chi connectivity index (χ1v) is 30.8. The fraction of sp³-hybridized carbons (Fsp3) is 0.952. The molecule has 68 heavy (non-hydrogen) atoms. The van der Waals surface area contributed by atoms with Gasteiger partial charge in [-0.05, 0) is 31.1 Å². The Bertz CT molecular complexity index is 1040. The third-order valence-corrected chi connectivity index (χ3v) is 14.9. The Labute approximate surface area is 425 Å². The molecule has 0 rings (SSSR count). The fourth-order valence-electron chi connectivity index (χ4n) is 9.52. The predicted octanol–water partition coefficient (Wildman–Crippen LogP) is 20.4. The largest absolute Gasteiger partial charge is 0.462 e. The van der Waals surface area contributed by atoms with Crippen molar-refractivity contribution in [1.29, 1.82) is 0 Å². The molecule has 0 N–H and O–H groups in total. The monoisotopic (exact) mass is 961 g/mol. The molecular weight excluding hydrogens is 841 g/mol. The van der Waals surface area contributed by atoms with Crippen molar-refractivity contribution in [3.63, 3.8) is 0 Å².